The lowest BCUT2D eigenvalue weighted by Crippen LogP contribution is -2.49. The second-order valence-corrected chi connectivity index (χ2v) is 6.54. The van der Waals surface area contributed by atoms with Gasteiger partial charge in [-0.25, -0.2) is 0 Å². The maximum absolute atomic E-state index is 5.76. The molecule has 1 saturated heterocycles. The maximum Gasteiger partial charge on any atom is 0.0870 e. The van der Waals surface area contributed by atoms with Crippen molar-refractivity contribution < 1.29 is 0 Å². The van der Waals surface area contributed by atoms with Gasteiger partial charge < -0.3 is 10.6 Å². The summed E-state index contributed by atoms with van der Waals surface area (Å²) in [7, 11) is 2.20. The average molecular weight is 284 g/mol. The minimum atomic E-state index is 0.644. The molecule has 0 spiro atoms. The Morgan fingerprint density at radius 3 is 2.42 bits per heavy atom. The van der Waals surface area contributed by atoms with Crippen LogP contribution in [0.1, 0.15) is 25.7 Å². The molecule has 0 aromatic carbocycles. The highest BCUT2D eigenvalue weighted by molar-refractivity contribution is 7.80. The Kier molecular flexibility index (Phi) is 6.01. The van der Waals surface area contributed by atoms with Crippen LogP contribution in [0.3, 0.4) is 0 Å². The number of hydrogen-bond donors (Lipinski definition) is 1. The zero-order valence-electron chi connectivity index (χ0n) is 12.2. The molecule has 4 nitrogen and oxygen atoms in total. The predicted octanol–water partition coefficient (Wildman–Crippen LogP) is 0.765. The van der Waals surface area contributed by atoms with Gasteiger partial charge in [-0.15, -0.1) is 0 Å². The van der Waals surface area contributed by atoms with Crippen molar-refractivity contribution in [2.24, 2.45) is 5.73 Å². The van der Waals surface area contributed by atoms with Gasteiger partial charge in [-0.3, -0.25) is 9.80 Å². The number of piperazine rings is 1. The van der Waals surface area contributed by atoms with Crippen molar-refractivity contribution in [3.8, 4) is 0 Å². The highest BCUT2D eigenvalue weighted by Gasteiger charge is 2.23. The minimum Gasteiger partial charge on any atom is -0.392 e. The van der Waals surface area contributed by atoms with Gasteiger partial charge in [0, 0.05) is 51.9 Å². The summed E-state index contributed by atoms with van der Waals surface area (Å²) in [4.78, 5) is 8.14. The van der Waals surface area contributed by atoms with Crippen molar-refractivity contribution in [3.63, 3.8) is 0 Å². The van der Waals surface area contributed by atoms with Crippen molar-refractivity contribution in [1.29, 1.82) is 0 Å². The molecule has 0 aromatic heterocycles. The molecule has 1 aliphatic carbocycles. The molecule has 2 rings (SSSR count). The third-order valence-electron chi connectivity index (χ3n) is 4.50. The topological polar surface area (TPSA) is 35.7 Å². The molecule has 0 aromatic rings. The van der Waals surface area contributed by atoms with E-state index in [1.807, 2.05) is 0 Å². The summed E-state index contributed by atoms with van der Waals surface area (Å²) in [5.74, 6) is 0. The van der Waals surface area contributed by atoms with Gasteiger partial charge in [0.1, 0.15) is 0 Å². The Morgan fingerprint density at radius 1 is 1.21 bits per heavy atom. The second kappa shape index (κ2) is 7.53. The summed E-state index contributed by atoms with van der Waals surface area (Å²) >= 11 is 5.11. The van der Waals surface area contributed by atoms with Gasteiger partial charge in [0.15, 0.2) is 0 Å². The first kappa shape index (κ1) is 15.2. The highest BCUT2D eigenvalue weighted by atomic mass is 32.1. The average Bonchev–Trinajstić information content (AvgIpc) is 2.90. The van der Waals surface area contributed by atoms with Crippen LogP contribution >= 0.6 is 12.2 Å². The second-order valence-electron chi connectivity index (χ2n) is 6.02. The van der Waals surface area contributed by atoms with Crippen LogP contribution in [0.15, 0.2) is 0 Å². The van der Waals surface area contributed by atoms with Crippen LogP contribution < -0.4 is 5.73 Å². The summed E-state index contributed by atoms with van der Waals surface area (Å²) in [5, 5.41) is 0. The zero-order chi connectivity index (χ0) is 13.7. The standard InChI is InChI=1S/C14H28N4S/c1-16-6-8-17(9-7-16)10-11-18(12-14(15)19)13-4-2-3-5-13/h13H,2-12H2,1H3,(H2,15,19). The molecular weight excluding hydrogens is 256 g/mol. The number of thiocarbonyl (C=S) groups is 1. The molecule has 2 aliphatic rings. The molecule has 0 bridgehead atoms. The van der Waals surface area contributed by atoms with E-state index in [0.29, 0.717) is 11.0 Å². The van der Waals surface area contributed by atoms with Crippen molar-refractivity contribution in [2.75, 3.05) is 52.9 Å². The van der Waals surface area contributed by atoms with Gasteiger partial charge >= 0.3 is 0 Å². The fourth-order valence-electron chi connectivity index (χ4n) is 3.20. The zero-order valence-corrected chi connectivity index (χ0v) is 13.0. The van der Waals surface area contributed by atoms with E-state index >= 15 is 0 Å². The van der Waals surface area contributed by atoms with Gasteiger partial charge in [0.2, 0.25) is 0 Å². The third-order valence-corrected chi connectivity index (χ3v) is 4.63. The summed E-state index contributed by atoms with van der Waals surface area (Å²) < 4.78 is 0. The van der Waals surface area contributed by atoms with Crippen LogP contribution in [0.5, 0.6) is 0 Å². The molecule has 2 N–H and O–H groups in total. The Hall–Kier alpha value is -0.230. The van der Waals surface area contributed by atoms with E-state index in [9.17, 15) is 0 Å². The largest absolute Gasteiger partial charge is 0.392 e. The van der Waals surface area contributed by atoms with E-state index in [2.05, 4.69) is 21.7 Å². The van der Waals surface area contributed by atoms with Crippen LogP contribution in [0.2, 0.25) is 0 Å². The Balaban J connectivity index is 1.77. The number of nitrogens with two attached hydrogens (primary N) is 1. The highest BCUT2D eigenvalue weighted by Crippen LogP contribution is 2.23. The lowest BCUT2D eigenvalue weighted by molar-refractivity contribution is 0.127. The van der Waals surface area contributed by atoms with Crippen molar-refractivity contribution in [3.05, 3.63) is 0 Å². The van der Waals surface area contributed by atoms with Gasteiger partial charge in [0.25, 0.3) is 0 Å². The predicted molar refractivity (Wildman–Crippen MR) is 84.6 cm³/mol. The molecule has 1 aliphatic heterocycles. The molecule has 1 heterocycles. The van der Waals surface area contributed by atoms with Crippen LogP contribution in [-0.2, 0) is 0 Å². The van der Waals surface area contributed by atoms with E-state index in [1.165, 1.54) is 51.9 Å². The first-order chi connectivity index (χ1) is 9.15. The number of nitrogens with zero attached hydrogens (tertiary/aromatic N) is 3. The van der Waals surface area contributed by atoms with Crippen LogP contribution in [0, 0.1) is 0 Å². The smallest absolute Gasteiger partial charge is 0.0870 e. The summed E-state index contributed by atoms with van der Waals surface area (Å²) in [6, 6.07) is 0.717. The van der Waals surface area contributed by atoms with Crippen molar-refractivity contribution in [1.82, 2.24) is 14.7 Å². The normalized spacial score (nSPS) is 23.3. The molecule has 0 unspecified atom stereocenters. The molecular formula is C14H28N4S. The van der Waals surface area contributed by atoms with Crippen LogP contribution in [0.4, 0.5) is 0 Å². The summed E-state index contributed by atoms with van der Waals surface area (Å²) in [6.45, 7) is 7.86. The fourth-order valence-corrected chi connectivity index (χ4v) is 3.37. The number of likely N-dealkylation sites (N-methyl/N-ethyl adjacent to an activating group) is 1. The number of hydrogen-bond acceptors (Lipinski definition) is 4. The summed E-state index contributed by atoms with van der Waals surface area (Å²) in [6.07, 6.45) is 5.39. The molecule has 110 valence electrons. The van der Waals surface area contributed by atoms with Gasteiger partial charge in [-0.1, -0.05) is 25.1 Å². The van der Waals surface area contributed by atoms with Crippen molar-refractivity contribution in [2.45, 2.75) is 31.7 Å². The van der Waals surface area contributed by atoms with Crippen LogP contribution in [0.25, 0.3) is 0 Å². The Bertz CT molecular complexity index is 283. The lowest BCUT2D eigenvalue weighted by Gasteiger charge is -2.35. The molecule has 5 heteroatoms. The lowest BCUT2D eigenvalue weighted by atomic mass is 10.2. The molecule has 0 atom stereocenters. The van der Waals surface area contributed by atoms with Gasteiger partial charge in [-0.2, -0.15) is 0 Å². The SMILES string of the molecule is CN1CCN(CCN(CC(N)=S)C2CCCC2)CC1. The Labute approximate surface area is 122 Å². The molecule has 0 radical (unpaired) electrons. The Morgan fingerprint density at radius 2 is 1.84 bits per heavy atom. The maximum atomic E-state index is 5.76. The first-order valence-corrected chi connectivity index (χ1v) is 7.99. The summed E-state index contributed by atoms with van der Waals surface area (Å²) in [5.41, 5.74) is 5.76. The minimum absolute atomic E-state index is 0.644. The quantitative estimate of drug-likeness (QED) is 0.729. The van der Waals surface area contributed by atoms with Gasteiger partial charge in [0.05, 0.1) is 4.99 Å². The molecule has 2 fully saturated rings. The van der Waals surface area contributed by atoms with E-state index < -0.39 is 0 Å². The van der Waals surface area contributed by atoms with E-state index in [1.54, 1.807) is 0 Å². The third kappa shape index (κ3) is 4.99. The van der Waals surface area contributed by atoms with E-state index in [4.69, 9.17) is 18.0 Å². The van der Waals surface area contributed by atoms with Gasteiger partial charge in [-0.05, 0) is 19.9 Å². The van der Waals surface area contributed by atoms with E-state index in [0.717, 1.165) is 19.6 Å². The molecule has 0 amide bonds. The monoisotopic (exact) mass is 284 g/mol. The molecule has 1 saturated carbocycles. The number of rotatable bonds is 6. The van der Waals surface area contributed by atoms with Crippen molar-refractivity contribution >= 4 is 17.2 Å². The first-order valence-electron chi connectivity index (χ1n) is 7.58. The van der Waals surface area contributed by atoms with Crippen LogP contribution in [-0.4, -0.2) is 78.6 Å². The van der Waals surface area contributed by atoms with E-state index in [-0.39, 0.29) is 0 Å². The molecule has 19 heavy (non-hydrogen) atoms. The fraction of sp³-hybridized carbons (Fsp3) is 0.929.